The maximum Gasteiger partial charge on any atom is 0.242 e. The number of ether oxygens (including phenoxy) is 1. The van der Waals surface area contributed by atoms with Crippen molar-refractivity contribution >= 4 is 11.8 Å². The van der Waals surface area contributed by atoms with E-state index in [0.717, 1.165) is 42.9 Å². The van der Waals surface area contributed by atoms with E-state index in [1.54, 1.807) is 18.2 Å². The van der Waals surface area contributed by atoms with Crippen LogP contribution in [0, 0.1) is 0 Å². The molecule has 1 atom stereocenters. The van der Waals surface area contributed by atoms with E-state index in [0.29, 0.717) is 31.8 Å². The quantitative estimate of drug-likeness (QED) is 0.749. The molecule has 7 nitrogen and oxygen atoms in total. The van der Waals surface area contributed by atoms with Crippen molar-refractivity contribution in [3.63, 3.8) is 0 Å². The number of carbonyl (C=O) groups excluding carboxylic acids is 2. The van der Waals surface area contributed by atoms with E-state index < -0.39 is 0 Å². The van der Waals surface area contributed by atoms with Crippen LogP contribution in [0.2, 0.25) is 0 Å². The first-order chi connectivity index (χ1) is 14.1. The van der Waals surface area contributed by atoms with E-state index in [1.807, 2.05) is 29.2 Å². The molecule has 2 aliphatic rings. The van der Waals surface area contributed by atoms with Crippen LogP contribution in [0.3, 0.4) is 0 Å². The number of piperidine rings is 1. The molecule has 2 amide bonds. The Bertz CT molecular complexity index is 878. The van der Waals surface area contributed by atoms with Crippen molar-refractivity contribution < 1.29 is 18.7 Å². The number of hydrogen-bond donors (Lipinski definition) is 0. The van der Waals surface area contributed by atoms with Gasteiger partial charge in [0.25, 0.3) is 0 Å². The Morgan fingerprint density at radius 3 is 2.93 bits per heavy atom. The lowest BCUT2D eigenvalue weighted by atomic mass is 9.98. The zero-order chi connectivity index (χ0) is 20.2. The van der Waals surface area contributed by atoms with Crippen LogP contribution in [-0.2, 0) is 16.0 Å². The number of oxazole rings is 1. The van der Waals surface area contributed by atoms with E-state index >= 15 is 0 Å². The van der Waals surface area contributed by atoms with Gasteiger partial charge in [0, 0.05) is 38.0 Å². The summed E-state index contributed by atoms with van der Waals surface area (Å²) in [6, 6.07) is 7.87. The summed E-state index contributed by atoms with van der Waals surface area (Å²) in [5, 5.41) is 0. The fraction of sp³-hybridized carbons (Fsp3) is 0.500. The lowest BCUT2D eigenvalue weighted by molar-refractivity contribution is -0.139. The van der Waals surface area contributed by atoms with Crippen molar-refractivity contribution in [3.8, 4) is 5.75 Å². The number of amides is 2. The third-order valence-corrected chi connectivity index (χ3v) is 5.75. The van der Waals surface area contributed by atoms with E-state index in [9.17, 15) is 9.59 Å². The number of para-hydroxylation sites is 1. The molecule has 2 saturated heterocycles. The molecule has 154 valence electrons. The monoisotopic (exact) mass is 397 g/mol. The molecule has 1 aromatic heterocycles. The van der Waals surface area contributed by atoms with Gasteiger partial charge >= 0.3 is 0 Å². The second-order valence-electron chi connectivity index (χ2n) is 7.75. The Balaban J connectivity index is 1.38. The highest BCUT2D eigenvalue weighted by atomic mass is 16.5. The smallest absolute Gasteiger partial charge is 0.242 e. The summed E-state index contributed by atoms with van der Waals surface area (Å²) in [7, 11) is 1.66. The Hall–Kier alpha value is -2.83. The minimum Gasteiger partial charge on any atom is -0.496 e. The Morgan fingerprint density at radius 1 is 1.28 bits per heavy atom. The van der Waals surface area contributed by atoms with Gasteiger partial charge in [-0.3, -0.25) is 9.59 Å². The molecule has 29 heavy (non-hydrogen) atoms. The van der Waals surface area contributed by atoms with Crippen molar-refractivity contribution in [1.82, 2.24) is 14.8 Å². The average Bonchev–Trinajstić information content (AvgIpc) is 3.38. The van der Waals surface area contributed by atoms with Crippen molar-refractivity contribution in [2.24, 2.45) is 0 Å². The summed E-state index contributed by atoms with van der Waals surface area (Å²) < 4.78 is 11.4. The van der Waals surface area contributed by atoms with Gasteiger partial charge in [-0.05, 0) is 25.3 Å². The van der Waals surface area contributed by atoms with Crippen molar-refractivity contribution in [2.75, 3.05) is 33.3 Å². The van der Waals surface area contributed by atoms with Crippen LogP contribution < -0.4 is 4.74 Å². The molecular formula is C22H27N3O4. The minimum absolute atomic E-state index is 0.0192. The SMILES string of the molecule is COc1ccccc1Cc1cnc(C2CCCN(C(=O)CN3CCCC3=O)C2)o1. The molecule has 0 spiro atoms. The molecule has 7 heteroatoms. The van der Waals surface area contributed by atoms with Crippen LogP contribution >= 0.6 is 0 Å². The number of carbonyl (C=O) groups is 2. The van der Waals surface area contributed by atoms with Crippen molar-refractivity contribution in [3.05, 3.63) is 47.7 Å². The predicted octanol–water partition coefficient (Wildman–Crippen LogP) is 2.60. The average molecular weight is 397 g/mol. The van der Waals surface area contributed by atoms with E-state index in [1.165, 1.54) is 0 Å². The minimum atomic E-state index is 0.0192. The van der Waals surface area contributed by atoms with Crippen LogP contribution in [0.1, 0.15) is 48.8 Å². The largest absolute Gasteiger partial charge is 0.496 e. The third-order valence-electron chi connectivity index (χ3n) is 5.75. The molecule has 0 radical (unpaired) electrons. The third kappa shape index (κ3) is 4.44. The second kappa shape index (κ2) is 8.68. The van der Waals surface area contributed by atoms with E-state index in [2.05, 4.69) is 4.98 Å². The summed E-state index contributed by atoms with van der Waals surface area (Å²) >= 11 is 0. The summed E-state index contributed by atoms with van der Waals surface area (Å²) in [6.07, 6.45) is 5.64. The molecule has 3 heterocycles. The number of likely N-dealkylation sites (tertiary alicyclic amines) is 2. The molecule has 1 aromatic carbocycles. The molecule has 4 rings (SSSR count). The number of nitrogens with zero attached hydrogens (tertiary/aromatic N) is 3. The van der Waals surface area contributed by atoms with Gasteiger partial charge in [0.1, 0.15) is 11.5 Å². The molecule has 1 unspecified atom stereocenters. The topological polar surface area (TPSA) is 75.9 Å². The van der Waals surface area contributed by atoms with Crippen LogP contribution in [0.5, 0.6) is 5.75 Å². The molecule has 2 aromatic rings. The maximum atomic E-state index is 12.7. The molecular weight excluding hydrogens is 370 g/mol. The second-order valence-corrected chi connectivity index (χ2v) is 7.75. The van der Waals surface area contributed by atoms with Crippen LogP contribution in [0.15, 0.2) is 34.9 Å². The van der Waals surface area contributed by atoms with Gasteiger partial charge in [-0.2, -0.15) is 0 Å². The van der Waals surface area contributed by atoms with Crippen molar-refractivity contribution in [1.29, 1.82) is 0 Å². The van der Waals surface area contributed by atoms with Gasteiger partial charge < -0.3 is 19.0 Å². The fourth-order valence-electron chi connectivity index (χ4n) is 4.17. The van der Waals surface area contributed by atoms with Gasteiger partial charge in [-0.15, -0.1) is 0 Å². The predicted molar refractivity (Wildman–Crippen MR) is 107 cm³/mol. The van der Waals surface area contributed by atoms with Crippen LogP contribution in [0.25, 0.3) is 0 Å². The molecule has 0 saturated carbocycles. The zero-order valence-electron chi connectivity index (χ0n) is 16.8. The lowest BCUT2D eigenvalue weighted by Crippen LogP contribution is -2.45. The van der Waals surface area contributed by atoms with Gasteiger partial charge in [0.15, 0.2) is 5.89 Å². The van der Waals surface area contributed by atoms with E-state index in [-0.39, 0.29) is 24.3 Å². The Morgan fingerprint density at radius 2 is 2.14 bits per heavy atom. The summed E-state index contributed by atoms with van der Waals surface area (Å²) in [5.41, 5.74) is 1.05. The highest BCUT2D eigenvalue weighted by Gasteiger charge is 2.30. The maximum absolute atomic E-state index is 12.7. The summed E-state index contributed by atoms with van der Waals surface area (Å²) in [4.78, 5) is 32.5. The lowest BCUT2D eigenvalue weighted by Gasteiger charge is -2.32. The Kier molecular flexibility index (Phi) is 5.83. The molecule has 0 aliphatic carbocycles. The first kappa shape index (κ1) is 19.5. The number of aromatic nitrogens is 1. The standard InChI is InChI=1S/C22H27N3O4/c1-28-19-8-3-2-6-16(19)12-18-13-23-22(29-18)17-7-4-10-24(14-17)21(27)15-25-11-5-9-20(25)26/h2-3,6,8,13,17H,4-5,7,9-12,14-15H2,1H3. The highest BCUT2D eigenvalue weighted by Crippen LogP contribution is 2.28. The molecule has 2 fully saturated rings. The highest BCUT2D eigenvalue weighted by molar-refractivity contribution is 5.86. The molecule has 0 N–H and O–H groups in total. The van der Waals surface area contributed by atoms with Crippen LogP contribution in [-0.4, -0.2) is 59.9 Å². The molecule has 2 aliphatic heterocycles. The first-order valence-corrected chi connectivity index (χ1v) is 10.3. The Labute approximate surface area is 170 Å². The normalized spacial score (nSPS) is 19.6. The fourth-order valence-corrected chi connectivity index (χ4v) is 4.17. The number of benzene rings is 1. The summed E-state index contributed by atoms with van der Waals surface area (Å²) in [5.74, 6) is 2.50. The number of methoxy groups -OCH3 is 1. The van der Waals surface area contributed by atoms with Gasteiger partial charge in [0.05, 0.1) is 25.8 Å². The van der Waals surface area contributed by atoms with Crippen molar-refractivity contribution in [2.45, 2.75) is 38.0 Å². The van der Waals surface area contributed by atoms with Gasteiger partial charge in [-0.1, -0.05) is 18.2 Å². The van der Waals surface area contributed by atoms with E-state index in [4.69, 9.17) is 9.15 Å². The molecule has 0 bridgehead atoms. The van der Waals surface area contributed by atoms with Gasteiger partial charge in [-0.25, -0.2) is 4.98 Å². The first-order valence-electron chi connectivity index (χ1n) is 10.3. The number of rotatable bonds is 6. The van der Waals surface area contributed by atoms with Crippen LogP contribution in [0.4, 0.5) is 0 Å². The summed E-state index contributed by atoms with van der Waals surface area (Å²) in [6.45, 7) is 2.20. The number of hydrogen-bond acceptors (Lipinski definition) is 5. The zero-order valence-corrected chi connectivity index (χ0v) is 16.8. The van der Waals surface area contributed by atoms with Gasteiger partial charge in [0.2, 0.25) is 11.8 Å².